The Kier molecular flexibility index (Phi) is 4.95. The monoisotopic (exact) mass is 316 g/mol. The average molecular weight is 316 g/mol. The third kappa shape index (κ3) is 4.29. The lowest BCUT2D eigenvalue weighted by Crippen LogP contribution is -2.30. The molecule has 2 aromatic carbocycles. The molecule has 0 fully saturated rings. The molecule has 0 aliphatic rings. The molecular formula is C17H20N2O4. The molecule has 0 spiro atoms. The molecule has 6 heteroatoms. The summed E-state index contributed by atoms with van der Waals surface area (Å²) in [4.78, 5) is 12.0. The second kappa shape index (κ2) is 6.91. The Morgan fingerprint density at radius 2 is 1.74 bits per heavy atom. The number of hydrogen-bond acceptors (Lipinski definition) is 5. The first-order chi connectivity index (χ1) is 10.9. The first-order valence-electron chi connectivity index (χ1n) is 7.25. The maximum Gasteiger partial charge on any atom is 0.255 e. The molecule has 0 saturated heterocycles. The number of carbonyl (C=O) groups excluding carboxylic acids is 1. The zero-order valence-electron chi connectivity index (χ0n) is 13.0. The van der Waals surface area contributed by atoms with E-state index >= 15 is 0 Å². The van der Waals surface area contributed by atoms with E-state index in [4.69, 9.17) is 0 Å². The van der Waals surface area contributed by atoms with Crippen molar-refractivity contribution in [3.63, 3.8) is 0 Å². The summed E-state index contributed by atoms with van der Waals surface area (Å²) < 4.78 is 0. The van der Waals surface area contributed by atoms with Gasteiger partial charge in [0.15, 0.2) is 0 Å². The Morgan fingerprint density at radius 1 is 1.04 bits per heavy atom. The van der Waals surface area contributed by atoms with Crippen LogP contribution in [0.2, 0.25) is 0 Å². The molecule has 2 aromatic rings. The van der Waals surface area contributed by atoms with Crippen LogP contribution in [0, 0.1) is 0 Å². The van der Waals surface area contributed by atoms with Gasteiger partial charge in [-0.1, -0.05) is 0 Å². The van der Waals surface area contributed by atoms with Gasteiger partial charge in [0.2, 0.25) is 0 Å². The van der Waals surface area contributed by atoms with E-state index in [1.807, 2.05) is 13.8 Å². The van der Waals surface area contributed by atoms with Crippen molar-refractivity contribution in [1.29, 1.82) is 0 Å². The summed E-state index contributed by atoms with van der Waals surface area (Å²) in [5, 5.41) is 34.8. The molecule has 0 atom stereocenters. The molecule has 0 aliphatic carbocycles. The number of anilines is 1. The number of phenolic OH excluding ortho intramolecular Hbond substituents is 3. The van der Waals surface area contributed by atoms with Gasteiger partial charge in [0.1, 0.15) is 17.2 Å². The summed E-state index contributed by atoms with van der Waals surface area (Å²) in [6.07, 6.45) is 0. The van der Waals surface area contributed by atoms with Gasteiger partial charge >= 0.3 is 0 Å². The van der Waals surface area contributed by atoms with E-state index in [9.17, 15) is 20.1 Å². The minimum atomic E-state index is -0.360. The maximum atomic E-state index is 12.0. The Hall–Kier alpha value is -2.89. The fraction of sp³-hybridized carbons (Fsp3) is 0.235. The summed E-state index contributed by atoms with van der Waals surface area (Å²) in [5.41, 5.74) is 1.30. The molecule has 0 aliphatic heterocycles. The smallest absolute Gasteiger partial charge is 0.255 e. The summed E-state index contributed by atoms with van der Waals surface area (Å²) >= 11 is 0. The zero-order valence-corrected chi connectivity index (χ0v) is 13.0. The van der Waals surface area contributed by atoms with Crippen molar-refractivity contribution in [1.82, 2.24) is 5.32 Å². The predicted octanol–water partition coefficient (Wildman–Crippen LogP) is 2.55. The van der Waals surface area contributed by atoms with Crippen molar-refractivity contribution in [3.05, 3.63) is 47.5 Å². The van der Waals surface area contributed by atoms with Crippen LogP contribution in [0.1, 0.15) is 29.8 Å². The Morgan fingerprint density at radius 3 is 2.43 bits per heavy atom. The van der Waals surface area contributed by atoms with Gasteiger partial charge in [0.05, 0.1) is 5.56 Å². The van der Waals surface area contributed by atoms with Crippen molar-refractivity contribution in [2.45, 2.75) is 26.4 Å². The van der Waals surface area contributed by atoms with Gasteiger partial charge in [-0.05, 0) is 50.2 Å². The zero-order chi connectivity index (χ0) is 17.0. The van der Waals surface area contributed by atoms with Crippen LogP contribution < -0.4 is 10.6 Å². The van der Waals surface area contributed by atoms with Gasteiger partial charge in [-0.2, -0.15) is 0 Å². The summed E-state index contributed by atoms with van der Waals surface area (Å²) in [6, 6.07) is 8.81. The number of benzene rings is 2. The Bertz CT molecular complexity index is 714. The fourth-order valence-electron chi connectivity index (χ4n) is 2.08. The third-order valence-electron chi connectivity index (χ3n) is 3.21. The largest absolute Gasteiger partial charge is 0.508 e. The molecule has 0 bridgehead atoms. The van der Waals surface area contributed by atoms with Crippen molar-refractivity contribution in [2.24, 2.45) is 0 Å². The van der Waals surface area contributed by atoms with E-state index in [-0.39, 0.29) is 41.3 Å². The van der Waals surface area contributed by atoms with Crippen LogP contribution in [-0.2, 0) is 6.54 Å². The minimum Gasteiger partial charge on any atom is -0.508 e. The molecule has 0 unspecified atom stereocenters. The highest BCUT2D eigenvalue weighted by atomic mass is 16.3. The summed E-state index contributed by atoms with van der Waals surface area (Å²) in [5.74, 6) is -0.343. The van der Waals surface area contributed by atoms with E-state index in [2.05, 4.69) is 10.6 Å². The number of rotatable bonds is 5. The number of phenols is 3. The number of aromatic hydroxyl groups is 3. The van der Waals surface area contributed by atoms with E-state index < -0.39 is 0 Å². The molecular weight excluding hydrogens is 296 g/mol. The van der Waals surface area contributed by atoms with E-state index in [1.54, 1.807) is 6.07 Å². The van der Waals surface area contributed by atoms with Gasteiger partial charge in [-0.3, -0.25) is 4.79 Å². The molecule has 0 heterocycles. The number of amides is 1. The standard InChI is InChI=1S/C17H20N2O4/c1-10(2)19-17(23)14-8-12(3-5-16(14)22)18-9-11-7-13(20)4-6-15(11)21/h3-8,10,18,20-22H,9H2,1-2H3,(H,19,23). The van der Waals surface area contributed by atoms with Crippen LogP contribution in [0.25, 0.3) is 0 Å². The second-order valence-corrected chi connectivity index (χ2v) is 5.53. The predicted molar refractivity (Wildman–Crippen MR) is 87.8 cm³/mol. The van der Waals surface area contributed by atoms with Crippen molar-refractivity contribution < 1.29 is 20.1 Å². The lowest BCUT2D eigenvalue weighted by molar-refractivity contribution is 0.0940. The van der Waals surface area contributed by atoms with Crippen LogP contribution >= 0.6 is 0 Å². The topological polar surface area (TPSA) is 102 Å². The normalized spacial score (nSPS) is 10.6. The first kappa shape index (κ1) is 16.5. The molecule has 1 amide bonds. The maximum absolute atomic E-state index is 12.0. The fourth-order valence-corrected chi connectivity index (χ4v) is 2.08. The highest BCUT2D eigenvalue weighted by Crippen LogP contribution is 2.25. The molecule has 23 heavy (non-hydrogen) atoms. The lowest BCUT2D eigenvalue weighted by Gasteiger charge is -2.13. The Labute approximate surface area is 134 Å². The molecule has 2 rings (SSSR count). The summed E-state index contributed by atoms with van der Waals surface area (Å²) in [7, 11) is 0. The van der Waals surface area contributed by atoms with E-state index in [1.165, 1.54) is 30.3 Å². The van der Waals surface area contributed by atoms with E-state index in [0.29, 0.717) is 11.3 Å². The molecule has 0 aromatic heterocycles. The number of carbonyl (C=O) groups is 1. The van der Waals surface area contributed by atoms with E-state index in [0.717, 1.165) is 0 Å². The highest BCUT2D eigenvalue weighted by molar-refractivity contribution is 5.97. The number of nitrogens with one attached hydrogen (secondary N) is 2. The minimum absolute atomic E-state index is 0.0391. The third-order valence-corrected chi connectivity index (χ3v) is 3.21. The quantitative estimate of drug-likeness (QED) is 0.546. The molecule has 6 nitrogen and oxygen atoms in total. The first-order valence-corrected chi connectivity index (χ1v) is 7.25. The Balaban J connectivity index is 2.15. The van der Waals surface area contributed by atoms with Crippen molar-refractivity contribution in [3.8, 4) is 17.2 Å². The van der Waals surface area contributed by atoms with Gasteiger partial charge < -0.3 is 26.0 Å². The van der Waals surface area contributed by atoms with Crippen LogP contribution in [0.3, 0.4) is 0 Å². The van der Waals surface area contributed by atoms with Gasteiger partial charge in [-0.15, -0.1) is 0 Å². The van der Waals surface area contributed by atoms with Crippen molar-refractivity contribution in [2.75, 3.05) is 5.32 Å². The van der Waals surface area contributed by atoms with Crippen LogP contribution in [0.15, 0.2) is 36.4 Å². The summed E-state index contributed by atoms with van der Waals surface area (Å²) in [6.45, 7) is 3.93. The molecule has 5 N–H and O–H groups in total. The average Bonchev–Trinajstić information content (AvgIpc) is 2.48. The van der Waals surface area contributed by atoms with Crippen LogP contribution in [0.5, 0.6) is 17.2 Å². The molecule has 0 saturated carbocycles. The molecule has 0 radical (unpaired) electrons. The second-order valence-electron chi connectivity index (χ2n) is 5.53. The van der Waals surface area contributed by atoms with Crippen LogP contribution in [0.4, 0.5) is 5.69 Å². The highest BCUT2D eigenvalue weighted by Gasteiger charge is 2.13. The van der Waals surface area contributed by atoms with Gasteiger partial charge in [0, 0.05) is 23.8 Å². The molecule has 122 valence electrons. The van der Waals surface area contributed by atoms with Gasteiger partial charge in [-0.25, -0.2) is 0 Å². The van der Waals surface area contributed by atoms with Crippen molar-refractivity contribution >= 4 is 11.6 Å². The van der Waals surface area contributed by atoms with Gasteiger partial charge in [0.25, 0.3) is 5.91 Å². The lowest BCUT2D eigenvalue weighted by atomic mass is 10.1. The number of hydrogen-bond donors (Lipinski definition) is 5. The van der Waals surface area contributed by atoms with Crippen LogP contribution in [-0.4, -0.2) is 27.3 Å². The SMILES string of the molecule is CC(C)NC(=O)c1cc(NCc2cc(O)ccc2O)ccc1O.